The number of amides is 1. The highest BCUT2D eigenvalue weighted by Crippen LogP contribution is 2.31. The van der Waals surface area contributed by atoms with Gasteiger partial charge in [0.25, 0.3) is 5.91 Å². The Kier molecular flexibility index (Phi) is 5.42. The summed E-state index contributed by atoms with van der Waals surface area (Å²) in [4.78, 5) is 26.8. The van der Waals surface area contributed by atoms with Crippen LogP contribution < -0.4 is 14.5 Å². The molecule has 1 atom stereocenters. The van der Waals surface area contributed by atoms with Crippen LogP contribution >= 0.6 is 0 Å². The summed E-state index contributed by atoms with van der Waals surface area (Å²) in [5, 5.41) is 0. The Hall–Kier alpha value is -3.19. The van der Waals surface area contributed by atoms with Gasteiger partial charge < -0.3 is 14.4 Å². The van der Waals surface area contributed by atoms with Gasteiger partial charge in [0.15, 0.2) is 11.6 Å². The average molecular weight is 418 g/mol. The van der Waals surface area contributed by atoms with Gasteiger partial charge in [0.1, 0.15) is 12.4 Å². The number of rotatable bonds is 4. The maximum absolute atomic E-state index is 13.4. The monoisotopic (exact) mass is 418 g/mol. The van der Waals surface area contributed by atoms with E-state index in [1.807, 2.05) is 55.6 Å². The van der Waals surface area contributed by atoms with Crippen molar-refractivity contribution in [3.63, 3.8) is 0 Å². The summed E-state index contributed by atoms with van der Waals surface area (Å²) < 4.78 is 11.4. The zero-order valence-electron chi connectivity index (χ0n) is 17.7. The smallest absolute Gasteiger partial charge is 0.259 e. The van der Waals surface area contributed by atoms with Gasteiger partial charge in [-0.2, -0.15) is 0 Å². The predicted molar refractivity (Wildman–Crippen MR) is 120 cm³/mol. The molecule has 31 heavy (non-hydrogen) atoms. The second-order valence-electron chi connectivity index (χ2n) is 8.06. The number of nitrogens with zero attached hydrogens (tertiary/aromatic N) is 4. The van der Waals surface area contributed by atoms with Crippen molar-refractivity contribution in [2.24, 2.45) is 0 Å². The fourth-order valence-electron chi connectivity index (χ4n) is 4.11. The zero-order valence-corrected chi connectivity index (χ0v) is 17.7. The lowest BCUT2D eigenvalue weighted by Crippen LogP contribution is -2.32. The number of carbonyl (C=O) groups is 1. The molecule has 0 bridgehead atoms. The first-order chi connectivity index (χ1) is 15.2. The van der Waals surface area contributed by atoms with Crippen LogP contribution in [0.1, 0.15) is 29.6 Å². The van der Waals surface area contributed by atoms with E-state index in [0.717, 1.165) is 55.0 Å². The van der Waals surface area contributed by atoms with Crippen LogP contribution in [0.4, 0.5) is 11.6 Å². The Morgan fingerprint density at radius 1 is 1.03 bits per heavy atom. The number of fused-ring (bicyclic) bond motifs is 2. The first-order valence-electron chi connectivity index (χ1n) is 10.8. The highest BCUT2D eigenvalue weighted by molar-refractivity contribution is 6.07. The molecular formula is C24H26N4O3. The number of hydrogen-bond acceptors (Lipinski definition) is 6. The summed E-state index contributed by atoms with van der Waals surface area (Å²) in [5.41, 5.74) is 2.22. The Labute approximate surface area is 181 Å². The summed E-state index contributed by atoms with van der Waals surface area (Å²) >= 11 is 0. The highest BCUT2D eigenvalue weighted by atomic mass is 16.5. The Bertz CT molecular complexity index is 1080. The maximum atomic E-state index is 13.4. The number of anilines is 2. The number of carbonyl (C=O) groups excluding carboxylic acids is 1. The van der Waals surface area contributed by atoms with Crippen LogP contribution in [-0.4, -0.2) is 55.3 Å². The first-order valence-corrected chi connectivity index (χ1v) is 10.8. The van der Waals surface area contributed by atoms with E-state index < -0.39 is 0 Å². The second-order valence-corrected chi connectivity index (χ2v) is 8.06. The number of aromatic nitrogens is 2. The Balaban J connectivity index is 1.39. The summed E-state index contributed by atoms with van der Waals surface area (Å²) in [5.74, 6) is 2.02. The fourth-order valence-corrected chi connectivity index (χ4v) is 4.11. The molecule has 0 spiro atoms. The molecule has 7 nitrogen and oxygen atoms in total. The van der Waals surface area contributed by atoms with E-state index in [9.17, 15) is 4.79 Å². The molecule has 3 heterocycles. The lowest BCUT2D eigenvalue weighted by atomic mass is 10.2. The van der Waals surface area contributed by atoms with Crippen molar-refractivity contribution in [1.29, 1.82) is 0 Å². The van der Waals surface area contributed by atoms with Gasteiger partial charge in [-0.3, -0.25) is 9.69 Å². The largest absolute Gasteiger partial charge is 0.491 e. The third-order valence-electron chi connectivity index (χ3n) is 5.83. The molecule has 5 rings (SSSR count). The zero-order chi connectivity index (χ0) is 21.2. The van der Waals surface area contributed by atoms with E-state index in [4.69, 9.17) is 19.4 Å². The topological polar surface area (TPSA) is 67.8 Å². The van der Waals surface area contributed by atoms with Crippen molar-refractivity contribution >= 4 is 28.6 Å². The van der Waals surface area contributed by atoms with Crippen LogP contribution in [-0.2, 0) is 4.74 Å². The van der Waals surface area contributed by atoms with Gasteiger partial charge in [-0.1, -0.05) is 12.1 Å². The normalized spacial score (nSPS) is 18.7. The van der Waals surface area contributed by atoms with Crippen LogP contribution in [0.15, 0.2) is 48.5 Å². The Morgan fingerprint density at radius 3 is 2.48 bits per heavy atom. The van der Waals surface area contributed by atoms with Crippen LogP contribution in [0.5, 0.6) is 5.75 Å². The van der Waals surface area contributed by atoms with Crippen LogP contribution in [0.3, 0.4) is 0 Å². The fraction of sp³-hybridized carbons (Fsp3) is 0.375. The van der Waals surface area contributed by atoms with Crippen molar-refractivity contribution in [2.75, 3.05) is 43.2 Å². The number of ether oxygens (including phenoxy) is 2. The molecule has 1 fully saturated rings. The number of hydrogen-bond donors (Lipinski definition) is 0. The summed E-state index contributed by atoms with van der Waals surface area (Å²) in [7, 11) is 2.00. The first kappa shape index (κ1) is 19.8. The molecule has 7 heteroatoms. The summed E-state index contributed by atoms with van der Waals surface area (Å²) in [6.07, 6.45) is 3.14. The predicted octanol–water partition coefficient (Wildman–Crippen LogP) is 3.67. The molecular weight excluding hydrogens is 392 g/mol. The van der Waals surface area contributed by atoms with Gasteiger partial charge >= 0.3 is 0 Å². The minimum atomic E-state index is -0.0770. The molecule has 0 N–H and O–H groups in total. The van der Waals surface area contributed by atoms with E-state index in [0.29, 0.717) is 24.5 Å². The number of para-hydroxylation sites is 2. The van der Waals surface area contributed by atoms with E-state index in [1.165, 1.54) is 0 Å². The molecule has 2 aliphatic rings. The molecule has 160 valence electrons. The van der Waals surface area contributed by atoms with Gasteiger partial charge in [0.2, 0.25) is 0 Å². The highest BCUT2D eigenvalue weighted by Gasteiger charge is 2.27. The second kappa shape index (κ2) is 8.51. The molecule has 0 aliphatic carbocycles. The average Bonchev–Trinajstić information content (AvgIpc) is 3.28. The van der Waals surface area contributed by atoms with Gasteiger partial charge in [0.05, 0.1) is 17.1 Å². The third kappa shape index (κ3) is 4.05. The van der Waals surface area contributed by atoms with Crippen molar-refractivity contribution < 1.29 is 14.3 Å². The van der Waals surface area contributed by atoms with Gasteiger partial charge in [-0.15, -0.1) is 0 Å². The van der Waals surface area contributed by atoms with Crippen LogP contribution in [0.2, 0.25) is 0 Å². The van der Waals surface area contributed by atoms with E-state index in [1.54, 1.807) is 4.90 Å². The van der Waals surface area contributed by atoms with Gasteiger partial charge in [-0.05, 0) is 55.7 Å². The molecule has 2 aliphatic heterocycles. The SMILES string of the molecule is CN1CCCN(C(=O)c2ccc(OC[C@@H]3CCCO3)cc2)c2nc3ccccc3nc21. The van der Waals surface area contributed by atoms with E-state index >= 15 is 0 Å². The molecule has 0 radical (unpaired) electrons. The van der Waals surface area contributed by atoms with Crippen LogP contribution in [0, 0.1) is 0 Å². The summed E-state index contributed by atoms with van der Waals surface area (Å²) in [6, 6.07) is 15.1. The standard InChI is InChI=1S/C24H26N4O3/c1-27-13-5-14-28(23-22(27)25-20-7-2-3-8-21(20)26-23)24(29)17-9-11-18(12-10-17)31-16-19-6-4-15-30-19/h2-3,7-12,19H,4-6,13-16H2,1H3/t19-/m0/s1. The van der Waals surface area contributed by atoms with Crippen LogP contribution in [0.25, 0.3) is 11.0 Å². The summed E-state index contributed by atoms with van der Waals surface area (Å²) in [6.45, 7) is 2.77. The van der Waals surface area contributed by atoms with Crippen molar-refractivity contribution in [3.05, 3.63) is 54.1 Å². The molecule has 3 aromatic rings. The van der Waals surface area contributed by atoms with Gasteiger partial charge in [0, 0.05) is 32.3 Å². The maximum Gasteiger partial charge on any atom is 0.259 e. The quantitative estimate of drug-likeness (QED) is 0.644. The lowest BCUT2D eigenvalue weighted by molar-refractivity contribution is 0.0679. The van der Waals surface area contributed by atoms with Crippen molar-refractivity contribution in [3.8, 4) is 5.75 Å². The minimum absolute atomic E-state index is 0.0770. The molecule has 1 amide bonds. The molecule has 0 unspecified atom stereocenters. The van der Waals surface area contributed by atoms with E-state index in [2.05, 4.69) is 4.90 Å². The third-order valence-corrected chi connectivity index (χ3v) is 5.83. The number of benzene rings is 2. The van der Waals surface area contributed by atoms with Gasteiger partial charge in [-0.25, -0.2) is 9.97 Å². The lowest BCUT2D eigenvalue weighted by Gasteiger charge is -2.23. The molecule has 1 aromatic heterocycles. The minimum Gasteiger partial charge on any atom is -0.491 e. The van der Waals surface area contributed by atoms with E-state index in [-0.39, 0.29) is 12.0 Å². The molecule has 0 saturated carbocycles. The van der Waals surface area contributed by atoms with Crippen molar-refractivity contribution in [2.45, 2.75) is 25.4 Å². The Morgan fingerprint density at radius 2 is 1.77 bits per heavy atom. The molecule has 1 saturated heterocycles. The molecule has 2 aromatic carbocycles. The van der Waals surface area contributed by atoms with Crippen molar-refractivity contribution in [1.82, 2.24) is 9.97 Å².